The molecule has 198 valence electrons. The van der Waals surface area contributed by atoms with Crippen molar-refractivity contribution in [1.82, 2.24) is 4.90 Å². The maximum Gasteiger partial charge on any atom is 0.460 e. The highest BCUT2D eigenvalue weighted by Gasteiger charge is 2.91. The Morgan fingerprint density at radius 2 is 1.17 bits per heavy atom. The molecular weight excluding hydrogens is 517 g/mol. The van der Waals surface area contributed by atoms with Gasteiger partial charge in [-0.2, -0.15) is 57.1 Å². The summed E-state index contributed by atoms with van der Waals surface area (Å²) in [5.41, 5.74) is -3.42. The summed E-state index contributed by atoms with van der Waals surface area (Å²) in [5, 5.41) is 0. The Morgan fingerprint density at radius 3 is 1.60 bits per heavy atom. The number of rotatable bonds is 9. The molecule has 2 nitrogen and oxygen atoms in total. The van der Waals surface area contributed by atoms with Crippen LogP contribution in [-0.2, 0) is 11.2 Å². The number of alkyl halides is 13. The van der Waals surface area contributed by atoms with Gasteiger partial charge in [0.1, 0.15) is 6.29 Å². The molecule has 0 aliphatic carbocycles. The van der Waals surface area contributed by atoms with Crippen molar-refractivity contribution in [2.75, 3.05) is 13.1 Å². The number of benzene rings is 1. The number of hydrogen-bond donors (Lipinski definition) is 0. The standard InChI is InChI=1S/C20H16F13NO/c21-15(22,16(23,24)17(25,26)18(27,28)19(29,30)20(31,32)33)14(34-8-4-5-9-34)13(11-35)10-12-6-2-1-3-7-12/h1-3,6-7,11H,4-5,8-10H2/b14-13-. The van der Waals surface area contributed by atoms with Crippen molar-refractivity contribution >= 4 is 6.29 Å². The number of carbonyl (C=O) groups excluding carboxylic acids is 1. The Hall–Kier alpha value is -2.48. The van der Waals surface area contributed by atoms with Gasteiger partial charge < -0.3 is 4.90 Å². The van der Waals surface area contributed by atoms with E-state index in [4.69, 9.17) is 0 Å². The second-order valence-electron chi connectivity index (χ2n) is 7.72. The average Bonchev–Trinajstić information content (AvgIpc) is 3.26. The highest BCUT2D eigenvalue weighted by molar-refractivity contribution is 5.76. The molecule has 1 aromatic carbocycles. The van der Waals surface area contributed by atoms with E-state index in [9.17, 15) is 53.1 Å². The Kier molecular flexibility index (Phi) is 7.55. The van der Waals surface area contributed by atoms with E-state index in [1.54, 1.807) is 0 Å². The lowest BCUT2D eigenvalue weighted by Crippen LogP contribution is -2.70. The highest BCUT2D eigenvalue weighted by Crippen LogP contribution is 2.61. The number of likely N-dealkylation sites (tertiary alicyclic amines) is 1. The van der Waals surface area contributed by atoms with E-state index in [-0.39, 0.29) is 18.4 Å². The first-order chi connectivity index (χ1) is 15.8. The normalized spacial score (nSPS) is 17.5. The van der Waals surface area contributed by atoms with Crippen molar-refractivity contribution in [2.24, 2.45) is 0 Å². The zero-order valence-electron chi connectivity index (χ0n) is 17.3. The molecular formula is C20H16F13NO. The third-order valence-electron chi connectivity index (χ3n) is 5.34. The van der Waals surface area contributed by atoms with Crippen molar-refractivity contribution in [3.63, 3.8) is 0 Å². The predicted octanol–water partition coefficient (Wildman–Crippen LogP) is 6.52. The molecule has 2 rings (SSSR count). The minimum Gasteiger partial charge on any atom is -0.369 e. The third-order valence-corrected chi connectivity index (χ3v) is 5.34. The summed E-state index contributed by atoms with van der Waals surface area (Å²) in [7, 11) is 0. The van der Waals surface area contributed by atoms with Crippen LogP contribution in [0.25, 0.3) is 0 Å². The summed E-state index contributed by atoms with van der Waals surface area (Å²) in [6, 6.07) is 6.52. The maximum absolute atomic E-state index is 15.0. The smallest absolute Gasteiger partial charge is 0.369 e. The minimum absolute atomic E-state index is 0.0152. The van der Waals surface area contributed by atoms with Gasteiger partial charge >= 0.3 is 35.8 Å². The van der Waals surface area contributed by atoms with E-state index in [2.05, 4.69) is 0 Å². The van der Waals surface area contributed by atoms with E-state index < -0.39 is 72.9 Å². The van der Waals surface area contributed by atoms with Crippen LogP contribution in [0.3, 0.4) is 0 Å². The number of hydrogen-bond acceptors (Lipinski definition) is 2. The SMILES string of the molecule is O=C/C(Cc1ccccc1)=C(\N1CCCC1)C(F)(F)C(F)(F)C(F)(F)C(F)(F)C(F)(F)C(F)(F)F. The van der Waals surface area contributed by atoms with Crippen molar-refractivity contribution in [3.8, 4) is 0 Å². The fraction of sp³-hybridized carbons (Fsp3) is 0.550. The molecule has 0 unspecified atom stereocenters. The molecule has 0 N–H and O–H groups in total. The number of allylic oxidation sites excluding steroid dienone is 2. The van der Waals surface area contributed by atoms with Gasteiger partial charge in [-0.3, -0.25) is 4.79 Å². The fourth-order valence-electron chi connectivity index (χ4n) is 3.46. The molecule has 0 amide bonds. The molecule has 1 heterocycles. The van der Waals surface area contributed by atoms with Crippen LogP contribution < -0.4 is 0 Å². The van der Waals surface area contributed by atoms with Crippen molar-refractivity contribution in [3.05, 3.63) is 47.2 Å². The minimum atomic E-state index is -8.00. The third kappa shape index (κ3) is 4.57. The first-order valence-electron chi connectivity index (χ1n) is 9.70. The zero-order valence-corrected chi connectivity index (χ0v) is 17.3. The topological polar surface area (TPSA) is 20.3 Å². The van der Waals surface area contributed by atoms with Crippen LogP contribution in [0, 0.1) is 0 Å². The van der Waals surface area contributed by atoms with Gasteiger partial charge in [0.2, 0.25) is 0 Å². The summed E-state index contributed by atoms with van der Waals surface area (Å²) in [6.07, 6.45) is -8.77. The quantitative estimate of drug-likeness (QED) is 0.205. The summed E-state index contributed by atoms with van der Waals surface area (Å²) in [4.78, 5) is 11.9. The number of aldehydes is 1. The average molecular weight is 533 g/mol. The van der Waals surface area contributed by atoms with Gasteiger partial charge in [-0.1, -0.05) is 30.3 Å². The Morgan fingerprint density at radius 1 is 0.714 bits per heavy atom. The van der Waals surface area contributed by atoms with Gasteiger partial charge in [0.05, 0.1) is 5.70 Å². The van der Waals surface area contributed by atoms with Crippen molar-refractivity contribution in [1.29, 1.82) is 0 Å². The molecule has 0 bridgehead atoms. The monoisotopic (exact) mass is 533 g/mol. The summed E-state index contributed by atoms with van der Waals surface area (Å²) in [6.45, 7) is -1.07. The van der Waals surface area contributed by atoms with Crippen LogP contribution >= 0.6 is 0 Å². The van der Waals surface area contributed by atoms with Crippen LogP contribution in [0.2, 0.25) is 0 Å². The lowest BCUT2D eigenvalue weighted by molar-refractivity contribution is -0.437. The van der Waals surface area contributed by atoms with Crippen LogP contribution in [-0.4, -0.2) is 60.1 Å². The molecule has 0 saturated carbocycles. The van der Waals surface area contributed by atoms with E-state index in [1.807, 2.05) is 0 Å². The molecule has 35 heavy (non-hydrogen) atoms. The second kappa shape index (κ2) is 9.19. The fourth-order valence-corrected chi connectivity index (χ4v) is 3.46. The molecule has 0 aromatic heterocycles. The highest BCUT2D eigenvalue weighted by atomic mass is 19.4. The van der Waals surface area contributed by atoms with Crippen molar-refractivity contribution < 1.29 is 61.9 Å². The molecule has 15 heteroatoms. The van der Waals surface area contributed by atoms with Crippen LogP contribution in [0.4, 0.5) is 57.1 Å². The molecule has 1 aromatic rings. The molecule has 0 spiro atoms. The van der Waals surface area contributed by atoms with Gasteiger partial charge in [0, 0.05) is 25.1 Å². The van der Waals surface area contributed by atoms with Gasteiger partial charge in [-0.05, 0) is 18.4 Å². The summed E-state index contributed by atoms with van der Waals surface area (Å²) >= 11 is 0. The van der Waals surface area contributed by atoms with E-state index in [0.717, 1.165) is 0 Å². The second-order valence-corrected chi connectivity index (χ2v) is 7.72. The molecule has 0 atom stereocenters. The van der Waals surface area contributed by atoms with E-state index in [0.29, 0.717) is 4.90 Å². The molecule has 1 aliphatic heterocycles. The summed E-state index contributed by atoms with van der Waals surface area (Å²) in [5.74, 6) is -37.7. The first-order valence-corrected chi connectivity index (χ1v) is 9.70. The molecule has 1 saturated heterocycles. The maximum atomic E-state index is 15.0. The van der Waals surface area contributed by atoms with E-state index >= 15 is 8.78 Å². The van der Waals surface area contributed by atoms with Crippen LogP contribution in [0.5, 0.6) is 0 Å². The molecule has 1 aliphatic rings. The Balaban J connectivity index is 2.73. The summed E-state index contributed by atoms with van der Waals surface area (Å²) < 4.78 is 178. The predicted molar refractivity (Wildman–Crippen MR) is 94.8 cm³/mol. The van der Waals surface area contributed by atoms with Gasteiger partial charge in [-0.25, -0.2) is 0 Å². The van der Waals surface area contributed by atoms with Crippen LogP contribution in [0.1, 0.15) is 18.4 Å². The molecule has 0 radical (unpaired) electrons. The lowest BCUT2D eigenvalue weighted by atomic mass is 9.89. The van der Waals surface area contributed by atoms with E-state index in [1.165, 1.54) is 30.3 Å². The Bertz CT molecular complexity index is 932. The first kappa shape index (κ1) is 28.8. The van der Waals surface area contributed by atoms with Crippen molar-refractivity contribution in [2.45, 2.75) is 55.1 Å². The van der Waals surface area contributed by atoms with Gasteiger partial charge in [-0.15, -0.1) is 0 Å². The number of nitrogens with zero attached hydrogens (tertiary/aromatic N) is 1. The Labute approximate surface area is 189 Å². The number of halogens is 13. The van der Waals surface area contributed by atoms with Gasteiger partial charge in [0.25, 0.3) is 0 Å². The van der Waals surface area contributed by atoms with Gasteiger partial charge in [0.15, 0.2) is 0 Å². The zero-order chi connectivity index (χ0) is 27.1. The molecule has 1 fully saturated rings. The lowest BCUT2D eigenvalue weighted by Gasteiger charge is -2.42. The van der Waals surface area contributed by atoms with Crippen LogP contribution in [0.15, 0.2) is 41.6 Å². The number of carbonyl (C=O) groups is 1. The largest absolute Gasteiger partial charge is 0.460 e.